The van der Waals surface area contributed by atoms with Gasteiger partial charge in [-0.1, -0.05) is 0 Å². The molecule has 0 saturated carbocycles. The summed E-state index contributed by atoms with van der Waals surface area (Å²) >= 11 is 0. The third-order valence-electron chi connectivity index (χ3n) is 0.494. The first-order valence-corrected chi connectivity index (χ1v) is 3.42. The van der Waals surface area contributed by atoms with Gasteiger partial charge in [-0.25, -0.2) is 0 Å². The van der Waals surface area contributed by atoms with E-state index >= 15 is 0 Å². The molecule has 4 heteroatoms. The predicted octanol–water partition coefficient (Wildman–Crippen LogP) is -0.0624. The second kappa shape index (κ2) is 32.4. The molecular weight excluding hydrogens is 160 g/mol. The van der Waals surface area contributed by atoms with Crippen LogP contribution < -0.4 is 0 Å². The molecule has 0 aromatic heterocycles. The van der Waals surface area contributed by atoms with Crippen LogP contribution in [0, 0.1) is 0 Å². The number of carbonyl (C=O) groups is 2. The molecule has 0 atom stereocenters. The van der Waals surface area contributed by atoms with Gasteiger partial charge in [0, 0.05) is 26.1 Å². The molecule has 0 radical (unpaired) electrons. The van der Waals surface area contributed by atoms with Crippen LogP contribution in [0.2, 0.25) is 0 Å². The van der Waals surface area contributed by atoms with Gasteiger partial charge in [0.25, 0.3) is 0 Å². The van der Waals surface area contributed by atoms with Gasteiger partial charge in [-0.2, -0.15) is 0 Å². The van der Waals surface area contributed by atoms with Crippen molar-refractivity contribution < 1.29 is 19.8 Å². The van der Waals surface area contributed by atoms with Gasteiger partial charge in [0.05, 0.1) is 0 Å². The van der Waals surface area contributed by atoms with Crippen LogP contribution in [0.15, 0.2) is 13.2 Å². The first-order chi connectivity index (χ1) is 5.83. The molecule has 0 saturated heterocycles. The van der Waals surface area contributed by atoms with Crippen molar-refractivity contribution in [2.75, 3.05) is 13.2 Å². The lowest BCUT2D eigenvalue weighted by Gasteiger charge is -1.69. The van der Waals surface area contributed by atoms with E-state index in [4.69, 9.17) is 10.2 Å². The van der Waals surface area contributed by atoms with Gasteiger partial charge in [0.2, 0.25) is 0 Å². The molecule has 0 amide bonds. The Bertz CT molecular complexity index is 73.1. The zero-order valence-corrected chi connectivity index (χ0v) is 7.11. The number of aliphatic hydroxyl groups is 2. The molecule has 0 bridgehead atoms. The highest BCUT2D eigenvalue weighted by atomic mass is 16.3. The van der Waals surface area contributed by atoms with Gasteiger partial charge in [0.15, 0.2) is 0 Å². The Kier molecular flexibility index (Phi) is 46.4. The summed E-state index contributed by atoms with van der Waals surface area (Å²) in [5.41, 5.74) is 0. The summed E-state index contributed by atoms with van der Waals surface area (Å²) in [6, 6.07) is 0. The average Bonchev–Trinajstić information content (AvgIpc) is 2.12. The highest BCUT2D eigenvalue weighted by Crippen LogP contribution is 1.59. The van der Waals surface area contributed by atoms with E-state index in [2.05, 4.69) is 13.2 Å². The van der Waals surface area contributed by atoms with Gasteiger partial charge in [-0.15, -0.1) is 13.2 Å². The predicted molar refractivity (Wildman–Crippen MR) is 46.8 cm³/mol. The molecule has 0 spiro atoms. The van der Waals surface area contributed by atoms with Crippen molar-refractivity contribution in [3.8, 4) is 0 Å². The lowest BCUT2D eigenvalue weighted by Crippen LogP contribution is -1.78. The third-order valence-corrected chi connectivity index (χ3v) is 0.494. The van der Waals surface area contributed by atoms with E-state index in [9.17, 15) is 9.59 Å². The van der Waals surface area contributed by atoms with Gasteiger partial charge in [-0.05, 0) is 0 Å². The van der Waals surface area contributed by atoms with E-state index in [1.54, 1.807) is 0 Å². The van der Waals surface area contributed by atoms with Gasteiger partial charge >= 0.3 is 0 Å². The second-order valence-corrected chi connectivity index (χ2v) is 1.36. The molecule has 0 aromatic carbocycles. The van der Waals surface area contributed by atoms with Crippen molar-refractivity contribution >= 4 is 12.6 Å². The maximum Gasteiger partial charge on any atom is 0.122 e. The summed E-state index contributed by atoms with van der Waals surface area (Å²) in [6.45, 7) is 5.95. The Morgan fingerprint density at radius 1 is 0.917 bits per heavy atom. The minimum Gasteiger partial charge on any atom is -0.396 e. The zero-order valence-electron chi connectivity index (χ0n) is 7.11. The number of hydrogen-bond acceptors (Lipinski definition) is 4. The van der Waals surface area contributed by atoms with Gasteiger partial charge in [-0.3, -0.25) is 0 Å². The van der Waals surface area contributed by atoms with Crippen molar-refractivity contribution in [1.29, 1.82) is 0 Å². The standard InChI is InChI=1S/2C3H6O2.C2H4/c2*4-2-1-3-5;1-2/h2*2,5H,1,3H2;1-2H2. The molecule has 0 fully saturated rings. The molecule has 0 heterocycles. The molecule has 0 aliphatic carbocycles. The van der Waals surface area contributed by atoms with Crippen LogP contribution in [-0.2, 0) is 9.59 Å². The quantitative estimate of drug-likeness (QED) is 0.464. The Morgan fingerprint density at radius 2 is 1.17 bits per heavy atom. The first kappa shape index (κ1) is 17.2. The maximum atomic E-state index is 9.24. The van der Waals surface area contributed by atoms with Gasteiger partial charge in [0.1, 0.15) is 12.6 Å². The summed E-state index contributed by atoms with van der Waals surface area (Å²) < 4.78 is 0. The van der Waals surface area contributed by atoms with Crippen LogP contribution >= 0.6 is 0 Å². The monoisotopic (exact) mass is 176 g/mol. The number of aldehydes is 2. The molecular formula is C8H16O4. The van der Waals surface area contributed by atoms with Crippen LogP contribution in [-0.4, -0.2) is 36.0 Å². The normalized spacial score (nSPS) is 6.50. The van der Waals surface area contributed by atoms with E-state index in [0.717, 1.165) is 0 Å². The summed E-state index contributed by atoms with van der Waals surface area (Å²) in [7, 11) is 0. The molecule has 0 aliphatic heterocycles. The van der Waals surface area contributed by atoms with E-state index < -0.39 is 0 Å². The summed E-state index contributed by atoms with van der Waals surface area (Å²) in [4.78, 5) is 18.5. The highest BCUT2D eigenvalue weighted by molar-refractivity contribution is 5.49. The fraction of sp³-hybridized carbons (Fsp3) is 0.500. The minimum absolute atomic E-state index is 0.0243. The molecule has 0 aromatic rings. The van der Waals surface area contributed by atoms with Gasteiger partial charge < -0.3 is 19.8 Å². The molecule has 4 nitrogen and oxygen atoms in total. The van der Waals surface area contributed by atoms with Crippen molar-refractivity contribution in [1.82, 2.24) is 0 Å². The average molecular weight is 176 g/mol. The maximum absolute atomic E-state index is 9.24. The summed E-state index contributed by atoms with van der Waals surface area (Å²) in [5.74, 6) is 0. The Morgan fingerprint density at radius 3 is 1.17 bits per heavy atom. The largest absolute Gasteiger partial charge is 0.396 e. The molecule has 0 unspecified atom stereocenters. The number of rotatable bonds is 4. The van der Waals surface area contributed by atoms with Crippen molar-refractivity contribution in [3.05, 3.63) is 13.2 Å². The zero-order chi connectivity index (χ0) is 10.2. The van der Waals surface area contributed by atoms with Crippen molar-refractivity contribution in [2.45, 2.75) is 12.8 Å². The molecule has 12 heavy (non-hydrogen) atoms. The molecule has 0 rings (SSSR count). The SMILES string of the molecule is C=C.O=CCCO.O=CCCO. The van der Waals surface area contributed by atoms with E-state index in [-0.39, 0.29) is 26.1 Å². The van der Waals surface area contributed by atoms with Crippen LogP contribution in [0.5, 0.6) is 0 Å². The molecule has 72 valence electrons. The second-order valence-electron chi connectivity index (χ2n) is 1.36. The Labute approximate surface area is 72.5 Å². The van der Waals surface area contributed by atoms with Crippen molar-refractivity contribution in [3.63, 3.8) is 0 Å². The topological polar surface area (TPSA) is 74.6 Å². The van der Waals surface area contributed by atoms with E-state index in [0.29, 0.717) is 12.6 Å². The Balaban J connectivity index is -0.000000112. The highest BCUT2D eigenvalue weighted by Gasteiger charge is 1.68. The fourth-order valence-electron chi connectivity index (χ4n) is 0.105. The third kappa shape index (κ3) is 64.0. The Hall–Kier alpha value is -1.00. The minimum atomic E-state index is -0.0243. The lowest BCUT2D eigenvalue weighted by atomic mass is 10.5. The summed E-state index contributed by atoms with van der Waals surface area (Å²) in [5, 5.41) is 15.7. The van der Waals surface area contributed by atoms with Crippen molar-refractivity contribution in [2.24, 2.45) is 0 Å². The number of hydrogen-bond donors (Lipinski definition) is 2. The first-order valence-electron chi connectivity index (χ1n) is 3.42. The smallest absolute Gasteiger partial charge is 0.122 e. The lowest BCUT2D eigenvalue weighted by molar-refractivity contribution is -0.109. The van der Waals surface area contributed by atoms with Crippen LogP contribution in [0.1, 0.15) is 12.8 Å². The van der Waals surface area contributed by atoms with E-state index in [1.807, 2.05) is 0 Å². The summed E-state index contributed by atoms with van der Waals surface area (Å²) in [6.07, 6.45) is 1.89. The fourth-order valence-corrected chi connectivity index (χ4v) is 0.105. The van der Waals surface area contributed by atoms with Crippen LogP contribution in [0.25, 0.3) is 0 Å². The molecule has 0 aliphatic rings. The van der Waals surface area contributed by atoms with Crippen LogP contribution in [0.3, 0.4) is 0 Å². The molecule has 2 N–H and O–H groups in total. The number of carbonyl (C=O) groups excluding carboxylic acids is 2. The number of aliphatic hydroxyl groups excluding tert-OH is 2. The van der Waals surface area contributed by atoms with E-state index in [1.165, 1.54) is 0 Å². The van der Waals surface area contributed by atoms with Crippen LogP contribution in [0.4, 0.5) is 0 Å².